The van der Waals surface area contributed by atoms with Crippen LogP contribution in [0.25, 0.3) is 5.69 Å². The maximum atomic E-state index is 14.3. The lowest BCUT2D eigenvalue weighted by molar-refractivity contribution is -0.137. The van der Waals surface area contributed by atoms with E-state index in [1.165, 1.54) is 10.6 Å². The maximum absolute atomic E-state index is 14.3. The van der Waals surface area contributed by atoms with Crippen molar-refractivity contribution in [3.05, 3.63) is 125 Å². The lowest BCUT2D eigenvalue weighted by atomic mass is 9.78. The minimum Gasteiger partial charge on any atom is -0.376 e. The third-order valence-electron chi connectivity index (χ3n) is 5.88. The first-order valence-corrected chi connectivity index (χ1v) is 11.2. The normalized spacial score (nSPS) is 12.3. The molecule has 2 N–H and O–H groups in total. The number of para-hydroxylation sites is 1. The molecule has 0 saturated carbocycles. The van der Waals surface area contributed by atoms with Crippen molar-refractivity contribution >= 4 is 0 Å². The molecule has 0 aliphatic carbocycles. The molecule has 0 spiro atoms. The quantitative estimate of drug-likeness (QED) is 0.316. The number of benzene rings is 3. The number of rotatable bonds is 7. The molecule has 3 aromatic carbocycles. The number of nitrogens with one attached hydrogen (secondary N) is 1. The lowest BCUT2D eigenvalue weighted by Crippen LogP contribution is -2.32. The largest absolute Gasteiger partial charge is 0.418 e. The van der Waals surface area contributed by atoms with Crippen molar-refractivity contribution < 1.29 is 18.3 Å². The Morgan fingerprint density at radius 1 is 0.765 bits per heavy atom. The first-order valence-electron chi connectivity index (χ1n) is 11.2. The molecule has 0 aliphatic heterocycles. The topological polar surface area (TPSA) is 37.2 Å². The molecule has 3 nitrogen and oxygen atoms in total. The van der Waals surface area contributed by atoms with Crippen LogP contribution in [-0.4, -0.2) is 15.7 Å². The summed E-state index contributed by atoms with van der Waals surface area (Å²) in [7, 11) is 0. The fraction of sp³-hybridized carbons (Fsp3) is 0.214. The average Bonchev–Trinajstić information content (AvgIpc) is 3.30. The summed E-state index contributed by atoms with van der Waals surface area (Å²) in [5.74, 6) is 0. The molecule has 0 fully saturated rings. The van der Waals surface area contributed by atoms with Gasteiger partial charge in [0.1, 0.15) is 5.60 Å². The molecule has 1 aromatic heterocycles. The highest BCUT2D eigenvalue weighted by Gasteiger charge is 2.41. The fourth-order valence-electron chi connectivity index (χ4n) is 4.25. The number of halogens is 3. The van der Waals surface area contributed by atoms with Gasteiger partial charge in [-0.05, 0) is 29.3 Å². The third kappa shape index (κ3) is 4.52. The predicted molar refractivity (Wildman–Crippen MR) is 128 cm³/mol. The van der Waals surface area contributed by atoms with E-state index in [2.05, 4.69) is 5.32 Å². The minimum absolute atomic E-state index is 0.0873. The Labute approximate surface area is 197 Å². The molecule has 0 saturated heterocycles. The highest BCUT2D eigenvalue weighted by atomic mass is 19.4. The summed E-state index contributed by atoms with van der Waals surface area (Å²) < 4.78 is 44.6. The molecule has 4 rings (SSSR count). The van der Waals surface area contributed by atoms with E-state index in [1.54, 1.807) is 72.9 Å². The molecule has 1 heterocycles. The molecule has 176 valence electrons. The van der Waals surface area contributed by atoms with Gasteiger partial charge < -0.3 is 15.0 Å². The number of aromatic nitrogens is 1. The monoisotopic (exact) mass is 464 g/mol. The van der Waals surface area contributed by atoms with Gasteiger partial charge in [0.2, 0.25) is 0 Å². The molecule has 4 aromatic rings. The van der Waals surface area contributed by atoms with Gasteiger partial charge in [-0.2, -0.15) is 13.2 Å². The lowest BCUT2D eigenvalue weighted by Gasteiger charge is -2.33. The predicted octanol–water partition coefficient (Wildman–Crippen LogP) is 6.28. The molecule has 0 radical (unpaired) electrons. The number of alkyl halides is 3. The van der Waals surface area contributed by atoms with E-state index in [0.717, 1.165) is 6.07 Å². The highest BCUT2D eigenvalue weighted by molar-refractivity contribution is 5.60. The van der Waals surface area contributed by atoms with Crippen LogP contribution >= 0.6 is 0 Å². The van der Waals surface area contributed by atoms with Crippen molar-refractivity contribution in [2.24, 2.45) is 0 Å². The van der Waals surface area contributed by atoms with Gasteiger partial charge in [-0.1, -0.05) is 86.6 Å². The van der Waals surface area contributed by atoms with Gasteiger partial charge in [-0.25, -0.2) is 0 Å². The first-order chi connectivity index (χ1) is 16.2. The summed E-state index contributed by atoms with van der Waals surface area (Å²) in [6, 6.07) is 25.3. The van der Waals surface area contributed by atoms with Crippen molar-refractivity contribution in [1.29, 1.82) is 0 Å². The van der Waals surface area contributed by atoms with Crippen LogP contribution in [0.3, 0.4) is 0 Å². The Morgan fingerprint density at radius 3 is 1.85 bits per heavy atom. The van der Waals surface area contributed by atoms with Crippen molar-refractivity contribution in [2.75, 3.05) is 0 Å². The van der Waals surface area contributed by atoms with E-state index in [1.807, 2.05) is 26.0 Å². The smallest absolute Gasteiger partial charge is 0.376 e. The van der Waals surface area contributed by atoms with E-state index in [4.69, 9.17) is 0 Å². The third-order valence-corrected chi connectivity index (χ3v) is 5.88. The van der Waals surface area contributed by atoms with Gasteiger partial charge in [0, 0.05) is 30.0 Å². The van der Waals surface area contributed by atoms with Crippen LogP contribution in [0.2, 0.25) is 0 Å². The van der Waals surface area contributed by atoms with Crippen LogP contribution in [0, 0.1) is 0 Å². The van der Waals surface area contributed by atoms with Gasteiger partial charge >= 0.3 is 6.18 Å². The van der Waals surface area contributed by atoms with Gasteiger partial charge in [0.25, 0.3) is 0 Å². The van der Waals surface area contributed by atoms with Crippen LogP contribution < -0.4 is 5.32 Å². The SMILES string of the molecule is CC(C)NCc1cccn1-c1c(C(F)(F)F)cccc1C(O)(c1ccccc1)c1ccccc1. The summed E-state index contributed by atoms with van der Waals surface area (Å²) in [5, 5.41) is 15.6. The van der Waals surface area contributed by atoms with Gasteiger partial charge in [-0.3, -0.25) is 0 Å². The summed E-state index contributed by atoms with van der Waals surface area (Å²) in [5.41, 5.74) is -0.928. The second-order valence-corrected chi connectivity index (χ2v) is 8.55. The van der Waals surface area contributed by atoms with E-state index >= 15 is 0 Å². The number of hydrogen-bond acceptors (Lipinski definition) is 2. The molecular formula is C28H27F3N2O. The molecule has 34 heavy (non-hydrogen) atoms. The highest BCUT2D eigenvalue weighted by Crippen LogP contribution is 2.44. The first kappa shape index (κ1) is 23.8. The van der Waals surface area contributed by atoms with Crippen molar-refractivity contribution in [2.45, 2.75) is 38.2 Å². The average molecular weight is 465 g/mol. The summed E-state index contributed by atoms with van der Waals surface area (Å²) in [6.07, 6.45) is -3.01. The fourth-order valence-corrected chi connectivity index (χ4v) is 4.25. The molecule has 6 heteroatoms. The molecule has 0 bridgehead atoms. The van der Waals surface area contributed by atoms with E-state index in [0.29, 0.717) is 23.4 Å². The van der Waals surface area contributed by atoms with E-state index in [9.17, 15) is 18.3 Å². The van der Waals surface area contributed by atoms with Crippen LogP contribution in [0.4, 0.5) is 13.2 Å². The second kappa shape index (κ2) is 9.49. The second-order valence-electron chi connectivity index (χ2n) is 8.55. The molecule has 0 aliphatic rings. The molecule has 0 atom stereocenters. The summed E-state index contributed by atoms with van der Waals surface area (Å²) in [6.45, 7) is 4.34. The number of nitrogens with zero attached hydrogens (tertiary/aromatic N) is 1. The van der Waals surface area contributed by atoms with Gasteiger partial charge in [0.15, 0.2) is 0 Å². The number of aliphatic hydroxyl groups is 1. The summed E-state index contributed by atoms with van der Waals surface area (Å²) in [4.78, 5) is 0. The summed E-state index contributed by atoms with van der Waals surface area (Å²) >= 11 is 0. The standard InChI is InChI=1S/C28H27F3N2O/c1-20(2)32-19-23-15-10-18-33(23)26-24(16-9-17-25(26)28(29,30)31)27(34,21-11-5-3-6-12-21)22-13-7-4-8-14-22/h3-18,20,32,34H,19H2,1-2H3. The van der Waals surface area contributed by atoms with Crippen LogP contribution in [-0.2, 0) is 18.3 Å². The Kier molecular flexibility index (Phi) is 6.64. The van der Waals surface area contributed by atoms with Crippen molar-refractivity contribution in [1.82, 2.24) is 9.88 Å². The van der Waals surface area contributed by atoms with Crippen LogP contribution in [0.1, 0.15) is 41.8 Å². The van der Waals surface area contributed by atoms with Crippen LogP contribution in [0.5, 0.6) is 0 Å². The zero-order valence-electron chi connectivity index (χ0n) is 19.1. The van der Waals surface area contributed by atoms with E-state index in [-0.39, 0.29) is 17.3 Å². The maximum Gasteiger partial charge on any atom is 0.418 e. The zero-order chi connectivity index (χ0) is 24.3. The van der Waals surface area contributed by atoms with Crippen LogP contribution in [0.15, 0.2) is 97.2 Å². The Balaban J connectivity index is 2.05. The minimum atomic E-state index is -4.62. The van der Waals surface area contributed by atoms with Gasteiger partial charge in [0.05, 0.1) is 11.3 Å². The Morgan fingerprint density at radius 2 is 1.32 bits per heavy atom. The Hall–Kier alpha value is -3.35. The van der Waals surface area contributed by atoms with Crippen molar-refractivity contribution in [3.63, 3.8) is 0 Å². The molecular weight excluding hydrogens is 437 g/mol. The van der Waals surface area contributed by atoms with Crippen molar-refractivity contribution in [3.8, 4) is 5.69 Å². The van der Waals surface area contributed by atoms with Gasteiger partial charge in [-0.15, -0.1) is 0 Å². The zero-order valence-corrected chi connectivity index (χ0v) is 19.1. The number of hydrogen-bond donors (Lipinski definition) is 2. The molecule has 0 amide bonds. The Bertz CT molecular complexity index is 1190. The van der Waals surface area contributed by atoms with E-state index < -0.39 is 17.3 Å². The molecule has 0 unspecified atom stereocenters.